The number of aliphatic carboxylic acids is 1. The van der Waals surface area contributed by atoms with Crippen molar-refractivity contribution in [2.24, 2.45) is 0 Å². The van der Waals surface area contributed by atoms with Crippen molar-refractivity contribution in [2.75, 3.05) is 13.2 Å². The minimum absolute atomic E-state index is 0.0920. The van der Waals surface area contributed by atoms with Gasteiger partial charge in [0.1, 0.15) is 18.1 Å². The number of carboxylic acid groups (broad SMARTS) is 1. The number of nitrogens with zero attached hydrogens (tertiary/aromatic N) is 1. The molecule has 5 atom stereocenters. The number of aromatic nitrogens is 2. The standard InChI is InChI=1S/C18H28N6O7/c1-9(26)14(17(29)22-12(18(30)31)5-10-6-19-8-21-10)24-16(28)13(7-25)23-15(27)11-3-2-4-20-11/h6,8-9,11-14,20,25-26H,2-5,7H2,1H3,(H,19,21)(H,22,29)(H,23,27)(H,24,28)(H,30,31). The summed E-state index contributed by atoms with van der Waals surface area (Å²) in [6, 6.07) is -4.67. The summed E-state index contributed by atoms with van der Waals surface area (Å²) in [5, 5.41) is 38.7. The molecule has 1 aromatic rings. The monoisotopic (exact) mass is 440 g/mol. The first kappa shape index (κ1) is 24.2. The lowest BCUT2D eigenvalue weighted by atomic mass is 10.1. The molecular weight excluding hydrogens is 412 g/mol. The van der Waals surface area contributed by atoms with Crippen LogP contribution in [0.3, 0.4) is 0 Å². The maximum Gasteiger partial charge on any atom is 0.326 e. The first-order chi connectivity index (χ1) is 14.7. The van der Waals surface area contributed by atoms with E-state index in [-0.39, 0.29) is 6.42 Å². The van der Waals surface area contributed by atoms with E-state index >= 15 is 0 Å². The van der Waals surface area contributed by atoms with Gasteiger partial charge in [0.05, 0.1) is 25.1 Å². The molecule has 172 valence electrons. The van der Waals surface area contributed by atoms with Crippen molar-refractivity contribution in [3.05, 3.63) is 18.2 Å². The highest BCUT2D eigenvalue weighted by molar-refractivity contribution is 5.94. The summed E-state index contributed by atoms with van der Waals surface area (Å²) >= 11 is 0. The van der Waals surface area contributed by atoms with E-state index < -0.39 is 60.6 Å². The number of carbonyl (C=O) groups excluding carboxylic acids is 3. The Labute approximate surface area is 178 Å². The molecule has 1 aliphatic heterocycles. The Morgan fingerprint density at radius 3 is 2.45 bits per heavy atom. The number of amides is 3. The lowest BCUT2D eigenvalue weighted by molar-refractivity contribution is -0.143. The zero-order valence-corrected chi connectivity index (χ0v) is 17.0. The van der Waals surface area contributed by atoms with E-state index in [1.54, 1.807) is 0 Å². The Morgan fingerprint density at radius 2 is 1.94 bits per heavy atom. The summed E-state index contributed by atoms with van der Waals surface area (Å²) in [5.74, 6) is -3.61. The van der Waals surface area contributed by atoms with Crippen molar-refractivity contribution in [3.8, 4) is 0 Å². The first-order valence-corrected chi connectivity index (χ1v) is 9.86. The Hall–Kier alpha value is -3.03. The van der Waals surface area contributed by atoms with Crippen LogP contribution in [0.25, 0.3) is 0 Å². The summed E-state index contributed by atoms with van der Waals surface area (Å²) in [6.45, 7) is 1.18. The summed E-state index contributed by atoms with van der Waals surface area (Å²) in [5.41, 5.74) is 0.467. The molecule has 0 aliphatic carbocycles. The minimum atomic E-state index is -1.51. The number of rotatable bonds is 11. The number of aliphatic hydroxyl groups excluding tert-OH is 2. The molecule has 0 radical (unpaired) electrons. The molecule has 1 saturated heterocycles. The molecule has 3 amide bonds. The van der Waals surface area contributed by atoms with E-state index in [0.717, 1.165) is 6.42 Å². The summed E-state index contributed by atoms with van der Waals surface area (Å²) in [4.78, 5) is 55.2. The second-order valence-corrected chi connectivity index (χ2v) is 7.30. The predicted octanol–water partition coefficient (Wildman–Crippen LogP) is -3.38. The SMILES string of the molecule is CC(O)C(NC(=O)C(CO)NC(=O)C1CCCN1)C(=O)NC(Cc1cnc[nH]1)C(=O)O. The van der Waals surface area contributed by atoms with Gasteiger partial charge in [-0.15, -0.1) is 0 Å². The van der Waals surface area contributed by atoms with Gasteiger partial charge in [-0.25, -0.2) is 9.78 Å². The topological polar surface area (TPSA) is 206 Å². The van der Waals surface area contributed by atoms with Crippen molar-refractivity contribution in [1.29, 1.82) is 0 Å². The summed E-state index contributed by atoms with van der Waals surface area (Å²) < 4.78 is 0. The fraction of sp³-hybridized carbons (Fsp3) is 0.611. The lowest BCUT2D eigenvalue weighted by Crippen LogP contribution is -2.60. The zero-order valence-electron chi connectivity index (χ0n) is 17.0. The minimum Gasteiger partial charge on any atom is -0.480 e. The molecule has 2 heterocycles. The van der Waals surface area contributed by atoms with Crippen LogP contribution in [0.1, 0.15) is 25.5 Å². The number of aliphatic hydroxyl groups is 2. The van der Waals surface area contributed by atoms with E-state index in [0.29, 0.717) is 18.7 Å². The number of H-pyrrole nitrogens is 1. The van der Waals surface area contributed by atoms with Gasteiger partial charge in [-0.3, -0.25) is 14.4 Å². The van der Waals surface area contributed by atoms with Gasteiger partial charge < -0.3 is 41.6 Å². The molecule has 1 aromatic heterocycles. The van der Waals surface area contributed by atoms with Crippen LogP contribution in [-0.2, 0) is 25.6 Å². The zero-order chi connectivity index (χ0) is 23.0. The smallest absolute Gasteiger partial charge is 0.326 e. The van der Waals surface area contributed by atoms with Crippen LogP contribution in [0.4, 0.5) is 0 Å². The number of imidazole rings is 1. The molecule has 5 unspecified atom stereocenters. The summed E-state index contributed by atoms with van der Waals surface area (Å²) in [6.07, 6.45) is 2.70. The highest BCUT2D eigenvalue weighted by Gasteiger charge is 2.33. The normalized spacial score (nSPS) is 19.6. The number of hydrogen-bond acceptors (Lipinski definition) is 8. The highest BCUT2D eigenvalue weighted by Crippen LogP contribution is 2.06. The van der Waals surface area contributed by atoms with Gasteiger partial charge in [-0.1, -0.05) is 0 Å². The Kier molecular flexibility index (Phi) is 8.90. The Balaban J connectivity index is 2.00. The van der Waals surface area contributed by atoms with E-state index in [9.17, 15) is 34.5 Å². The molecule has 0 saturated carbocycles. The maximum absolute atomic E-state index is 12.6. The Bertz CT molecular complexity index is 763. The van der Waals surface area contributed by atoms with Gasteiger partial charge in [0.15, 0.2) is 0 Å². The van der Waals surface area contributed by atoms with Crippen LogP contribution in [0.2, 0.25) is 0 Å². The second-order valence-electron chi connectivity index (χ2n) is 7.30. The van der Waals surface area contributed by atoms with E-state index in [1.807, 2.05) is 0 Å². The fourth-order valence-electron chi connectivity index (χ4n) is 3.11. The molecule has 8 N–H and O–H groups in total. The number of aromatic amines is 1. The molecule has 31 heavy (non-hydrogen) atoms. The second kappa shape index (κ2) is 11.4. The largest absolute Gasteiger partial charge is 0.480 e. The van der Waals surface area contributed by atoms with Gasteiger partial charge in [0.2, 0.25) is 17.7 Å². The van der Waals surface area contributed by atoms with Gasteiger partial charge in [-0.2, -0.15) is 0 Å². The van der Waals surface area contributed by atoms with Crippen LogP contribution < -0.4 is 21.3 Å². The third-order valence-electron chi connectivity index (χ3n) is 4.85. The summed E-state index contributed by atoms with van der Waals surface area (Å²) in [7, 11) is 0. The number of hydrogen-bond donors (Lipinski definition) is 8. The van der Waals surface area contributed by atoms with E-state index in [4.69, 9.17) is 0 Å². The van der Waals surface area contributed by atoms with Crippen LogP contribution >= 0.6 is 0 Å². The predicted molar refractivity (Wildman–Crippen MR) is 106 cm³/mol. The molecule has 13 nitrogen and oxygen atoms in total. The first-order valence-electron chi connectivity index (χ1n) is 9.86. The van der Waals surface area contributed by atoms with Crippen molar-refractivity contribution in [1.82, 2.24) is 31.2 Å². The number of carboxylic acids is 1. The third-order valence-corrected chi connectivity index (χ3v) is 4.85. The molecule has 1 aliphatic rings. The number of carbonyl (C=O) groups is 4. The molecular formula is C18H28N6O7. The molecule has 13 heteroatoms. The van der Waals surface area contributed by atoms with Crippen molar-refractivity contribution in [2.45, 2.75) is 56.5 Å². The fourth-order valence-corrected chi connectivity index (χ4v) is 3.11. The maximum atomic E-state index is 12.6. The van der Waals surface area contributed by atoms with Crippen LogP contribution in [-0.4, -0.2) is 92.4 Å². The van der Waals surface area contributed by atoms with Gasteiger partial charge in [0, 0.05) is 18.3 Å². The van der Waals surface area contributed by atoms with Gasteiger partial charge >= 0.3 is 5.97 Å². The Morgan fingerprint density at radius 1 is 1.19 bits per heavy atom. The lowest BCUT2D eigenvalue weighted by Gasteiger charge is -2.25. The van der Waals surface area contributed by atoms with E-state index in [2.05, 4.69) is 31.2 Å². The van der Waals surface area contributed by atoms with Gasteiger partial charge in [0.25, 0.3) is 0 Å². The highest BCUT2D eigenvalue weighted by atomic mass is 16.4. The quantitative estimate of drug-likeness (QED) is 0.172. The van der Waals surface area contributed by atoms with Crippen LogP contribution in [0.5, 0.6) is 0 Å². The molecule has 0 spiro atoms. The average Bonchev–Trinajstić information content (AvgIpc) is 3.42. The molecule has 0 aromatic carbocycles. The van der Waals surface area contributed by atoms with Crippen LogP contribution in [0, 0.1) is 0 Å². The average molecular weight is 440 g/mol. The van der Waals surface area contributed by atoms with Gasteiger partial charge in [-0.05, 0) is 26.3 Å². The molecule has 0 bridgehead atoms. The van der Waals surface area contributed by atoms with Crippen LogP contribution in [0.15, 0.2) is 12.5 Å². The van der Waals surface area contributed by atoms with Crippen molar-refractivity contribution >= 4 is 23.7 Å². The van der Waals surface area contributed by atoms with Crippen molar-refractivity contribution < 1.29 is 34.5 Å². The van der Waals surface area contributed by atoms with Crippen molar-refractivity contribution in [3.63, 3.8) is 0 Å². The molecule has 1 fully saturated rings. The molecule has 2 rings (SSSR count). The van der Waals surface area contributed by atoms with E-state index in [1.165, 1.54) is 19.4 Å². The number of nitrogens with one attached hydrogen (secondary N) is 5. The third kappa shape index (κ3) is 7.01.